The molecule has 58 heavy (non-hydrogen) atoms. The minimum atomic E-state index is -1.35. The van der Waals surface area contributed by atoms with Crippen molar-refractivity contribution < 1.29 is 28.6 Å². The van der Waals surface area contributed by atoms with Crippen LogP contribution >= 0.6 is 15.9 Å². The number of imidazole rings is 1. The quantitative estimate of drug-likeness (QED) is 0.0639. The third kappa shape index (κ3) is 12.6. The Morgan fingerprint density at radius 3 is 2.48 bits per heavy atom. The number of fused-ring (bicyclic) bond motifs is 1. The average molecular weight is 885 g/mol. The van der Waals surface area contributed by atoms with Crippen LogP contribution in [0.3, 0.4) is 0 Å². The number of halogens is 1. The molecule has 0 radical (unpaired) electrons. The van der Waals surface area contributed by atoms with Crippen LogP contribution in [0.2, 0.25) is 25.7 Å². The number of ether oxygens (including phenoxy) is 3. The number of carbonyl (C=O) groups excluding carboxylic acids is 3. The van der Waals surface area contributed by atoms with Crippen molar-refractivity contribution in [2.45, 2.75) is 136 Å². The highest BCUT2D eigenvalue weighted by molar-refractivity contribution is 9.09. The molecule has 1 saturated heterocycles. The largest absolute Gasteiger partial charge is 0.444 e. The number of rotatable bonds is 21. The van der Waals surface area contributed by atoms with E-state index >= 15 is 0 Å². The monoisotopic (exact) mass is 883 g/mol. The van der Waals surface area contributed by atoms with Crippen LogP contribution in [0.15, 0.2) is 41.5 Å². The molecule has 0 unspecified atom stereocenters. The third-order valence-corrected chi connectivity index (χ3v) is 13.5. The number of Topliss-reactive ketones (excluding diaryl/α,β-unsaturated/α-hetero) is 1. The number of alkyl halides is 1. The van der Waals surface area contributed by atoms with Gasteiger partial charge in [-0.15, -0.1) is 0 Å². The lowest BCUT2D eigenvalue weighted by Gasteiger charge is -2.34. The third-order valence-electron chi connectivity index (χ3n) is 11.5. The molecule has 5 rings (SSSR count). The number of nitrogens with one attached hydrogen (secondary N) is 1. The summed E-state index contributed by atoms with van der Waals surface area (Å²) in [5.74, 6) is 0.891. The van der Waals surface area contributed by atoms with E-state index in [0.717, 1.165) is 72.4 Å². The molecule has 0 bridgehead atoms. The second-order valence-corrected chi connectivity index (χ2v) is 24.7. The Morgan fingerprint density at radius 2 is 1.79 bits per heavy atom. The van der Waals surface area contributed by atoms with Gasteiger partial charge in [-0.25, -0.2) is 9.78 Å². The fourth-order valence-corrected chi connectivity index (χ4v) is 8.79. The lowest BCUT2D eigenvalue weighted by molar-refractivity contribution is -0.124. The van der Waals surface area contributed by atoms with Crippen molar-refractivity contribution in [1.29, 1.82) is 0 Å². The van der Waals surface area contributed by atoms with Crippen molar-refractivity contribution in [1.82, 2.24) is 24.3 Å². The van der Waals surface area contributed by atoms with Gasteiger partial charge in [0.05, 0.1) is 31.1 Å². The van der Waals surface area contributed by atoms with Gasteiger partial charge in [-0.05, 0) is 87.9 Å². The van der Waals surface area contributed by atoms with E-state index in [9.17, 15) is 19.2 Å². The van der Waals surface area contributed by atoms with Crippen LogP contribution in [0.5, 0.6) is 0 Å². The Kier molecular flexibility index (Phi) is 16.0. The van der Waals surface area contributed by atoms with Crippen LogP contribution in [0, 0.1) is 11.3 Å². The lowest BCUT2D eigenvalue weighted by atomic mass is 9.90. The molecule has 1 N–H and O–H groups in total. The molecule has 3 aromatic rings. The second-order valence-electron chi connectivity index (χ2n) is 18.3. The topological polar surface area (TPSA) is 134 Å². The van der Waals surface area contributed by atoms with Crippen molar-refractivity contribution in [2.75, 3.05) is 38.2 Å². The summed E-state index contributed by atoms with van der Waals surface area (Å²) in [6, 6.07) is 8.47. The molecule has 1 spiro atoms. The maximum atomic E-state index is 14.2. The van der Waals surface area contributed by atoms with Gasteiger partial charge < -0.3 is 33.6 Å². The highest BCUT2D eigenvalue weighted by atomic mass is 79.9. The van der Waals surface area contributed by atoms with Gasteiger partial charge in [0, 0.05) is 75.6 Å². The molecule has 1 aromatic carbocycles. The van der Waals surface area contributed by atoms with Crippen molar-refractivity contribution in [3.8, 4) is 11.3 Å². The first-order chi connectivity index (χ1) is 27.5. The number of hydrogen-bond donors (Lipinski definition) is 1. The molecule has 2 aliphatic rings. The van der Waals surface area contributed by atoms with Crippen molar-refractivity contribution in [2.24, 2.45) is 11.3 Å². The SMILES string of the molecule is CCC(=O)CCCCC[C@H](NC(=O)[C@H]1CC12CCN(C(=O)OC(C)(C)C)CC2)c1ncc(-c2ccc3c(=O)n(CCOCCBr)ccc3c2)n1COCC[Si](C)(C)C. The molecule has 1 aliphatic carbocycles. The summed E-state index contributed by atoms with van der Waals surface area (Å²) in [4.78, 5) is 59.1. The van der Waals surface area contributed by atoms with Crippen LogP contribution in [-0.4, -0.2) is 88.7 Å². The van der Waals surface area contributed by atoms with E-state index in [0.29, 0.717) is 64.1 Å². The molecular weight excluding hydrogens is 819 g/mol. The van der Waals surface area contributed by atoms with E-state index < -0.39 is 13.7 Å². The second kappa shape index (κ2) is 20.3. The Labute approximate surface area is 353 Å². The maximum Gasteiger partial charge on any atom is 0.410 e. The van der Waals surface area contributed by atoms with Crippen molar-refractivity contribution >= 4 is 52.6 Å². The molecular formula is C44H66BrN5O7Si. The summed E-state index contributed by atoms with van der Waals surface area (Å²) in [5, 5.41) is 5.64. The Bertz CT molecular complexity index is 1930. The number of amides is 2. The first-order valence-electron chi connectivity index (χ1n) is 21.2. The highest BCUT2D eigenvalue weighted by Crippen LogP contribution is 2.59. The summed E-state index contributed by atoms with van der Waals surface area (Å²) < 4.78 is 21.3. The number of nitrogens with zero attached hydrogens (tertiary/aromatic N) is 4. The predicted octanol–water partition coefficient (Wildman–Crippen LogP) is 8.71. The number of hydrogen-bond acceptors (Lipinski definition) is 8. The van der Waals surface area contributed by atoms with E-state index in [2.05, 4.69) is 45.5 Å². The number of carbonyl (C=O) groups is 3. The Hall–Kier alpha value is -3.33. The number of unbranched alkanes of at least 4 members (excludes halogenated alkanes) is 2. The molecule has 2 fully saturated rings. The molecule has 320 valence electrons. The number of piperidine rings is 1. The molecule has 1 aliphatic heterocycles. The zero-order valence-electron chi connectivity index (χ0n) is 35.9. The van der Waals surface area contributed by atoms with Crippen LogP contribution in [0.25, 0.3) is 22.0 Å². The molecule has 2 aromatic heterocycles. The number of ketones is 1. The van der Waals surface area contributed by atoms with Gasteiger partial charge in [-0.2, -0.15) is 0 Å². The van der Waals surface area contributed by atoms with Gasteiger partial charge in [0.15, 0.2) is 0 Å². The van der Waals surface area contributed by atoms with Crippen LogP contribution in [0.4, 0.5) is 4.79 Å². The van der Waals surface area contributed by atoms with Crippen molar-refractivity contribution in [3.63, 3.8) is 0 Å². The van der Waals surface area contributed by atoms with Crippen LogP contribution < -0.4 is 10.9 Å². The van der Waals surface area contributed by atoms with E-state index in [1.807, 2.05) is 64.4 Å². The van der Waals surface area contributed by atoms with E-state index in [-0.39, 0.29) is 47.4 Å². The fraction of sp³-hybridized carbons (Fsp3) is 0.659. The normalized spacial score (nSPS) is 17.1. The summed E-state index contributed by atoms with van der Waals surface area (Å²) in [7, 11) is -1.35. The standard InChI is InChI=1S/C44H66BrN5O7Si/c1-8-34(51)12-10-9-11-13-37(47-40(52)36-29-44(36)17-21-49(22-18-44)42(54)57-43(2,3)4)39-46-30-38(50(39)31-56-26-27-58(5,6)7)33-14-15-35-32(28-33)16-20-48(41(35)53)23-25-55-24-19-45/h14-16,20,28,30,36-37H,8-13,17-19,21-27,29,31H2,1-7H3,(H,47,52)/t36-,37+/m1/s1. The first-order valence-corrected chi connectivity index (χ1v) is 26.1. The van der Waals surface area contributed by atoms with E-state index in [4.69, 9.17) is 19.2 Å². The number of benzene rings is 1. The average Bonchev–Trinajstić information content (AvgIpc) is 3.70. The fourth-order valence-electron chi connectivity index (χ4n) is 7.81. The van der Waals surface area contributed by atoms with Crippen LogP contribution in [-0.2, 0) is 37.1 Å². The highest BCUT2D eigenvalue weighted by Gasteiger charge is 2.59. The van der Waals surface area contributed by atoms with Gasteiger partial charge >= 0.3 is 6.09 Å². The zero-order valence-corrected chi connectivity index (χ0v) is 38.5. The maximum absolute atomic E-state index is 14.2. The van der Waals surface area contributed by atoms with Gasteiger partial charge in [0.25, 0.3) is 5.56 Å². The first kappa shape index (κ1) is 45.7. The molecule has 3 heterocycles. The summed E-state index contributed by atoms with van der Waals surface area (Å²) in [6.45, 7) is 18.1. The summed E-state index contributed by atoms with van der Waals surface area (Å²) in [5.41, 5.74) is 1.02. The lowest BCUT2D eigenvalue weighted by Crippen LogP contribution is -2.43. The van der Waals surface area contributed by atoms with Crippen LogP contribution in [0.1, 0.15) is 97.3 Å². The minimum Gasteiger partial charge on any atom is -0.444 e. The molecule has 1 saturated carbocycles. The number of likely N-dealkylation sites (tertiary alicyclic amines) is 1. The van der Waals surface area contributed by atoms with E-state index in [1.165, 1.54) is 0 Å². The summed E-state index contributed by atoms with van der Waals surface area (Å²) >= 11 is 3.37. The molecule has 14 heteroatoms. The minimum absolute atomic E-state index is 0.0206. The number of pyridine rings is 1. The smallest absolute Gasteiger partial charge is 0.410 e. The van der Waals surface area contributed by atoms with Crippen molar-refractivity contribution in [3.05, 3.63) is 52.8 Å². The predicted molar refractivity (Wildman–Crippen MR) is 235 cm³/mol. The molecule has 2 amide bonds. The van der Waals surface area contributed by atoms with Gasteiger partial charge in [0.1, 0.15) is 23.9 Å². The Morgan fingerprint density at radius 1 is 1.03 bits per heavy atom. The Balaban J connectivity index is 1.39. The number of aromatic nitrogens is 3. The van der Waals surface area contributed by atoms with E-state index in [1.54, 1.807) is 9.47 Å². The molecule has 2 atom stereocenters. The summed E-state index contributed by atoms with van der Waals surface area (Å²) in [6.07, 6.45) is 10.0. The molecule has 12 nitrogen and oxygen atoms in total. The van der Waals surface area contributed by atoms with Gasteiger partial charge in [0.2, 0.25) is 5.91 Å². The van der Waals surface area contributed by atoms with Gasteiger partial charge in [-0.1, -0.05) is 61.4 Å². The zero-order chi connectivity index (χ0) is 42.1. The van der Waals surface area contributed by atoms with Gasteiger partial charge in [-0.3, -0.25) is 14.4 Å².